The van der Waals surface area contributed by atoms with E-state index in [1.54, 1.807) is 37.1 Å². The van der Waals surface area contributed by atoms with E-state index >= 15 is 0 Å². The van der Waals surface area contributed by atoms with Crippen LogP contribution in [0.15, 0.2) is 52.3 Å². The Morgan fingerprint density at radius 3 is 2.35 bits per heavy atom. The fourth-order valence-corrected chi connectivity index (χ4v) is 5.79. The van der Waals surface area contributed by atoms with Gasteiger partial charge in [-0.15, -0.1) is 11.8 Å². The molecule has 2 aromatic rings. The quantitative estimate of drug-likeness (QED) is 0.630. The smallest absolute Gasteiger partial charge is 0.243 e. The number of carbonyl (C=O) groups excluding carboxylic acids is 1. The summed E-state index contributed by atoms with van der Waals surface area (Å²) in [6.45, 7) is 4.46. The lowest BCUT2D eigenvalue weighted by Gasteiger charge is -2.31. The van der Waals surface area contributed by atoms with Crippen LogP contribution < -0.4 is 10.1 Å². The number of rotatable bonds is 7. The number of sulfonamides is 1. The second-order valence-electron chi connectivity index (χ2n) is 7.81. The van der Waals surface area contributed by atoms with Crippen LogP contribution in [0.2, 0.25) is 0 Å². The third-order valence-electron chi connectivity index (χ3n) is 5.80. The molecule has 1 unspecified atom stereocenters. The van der Waals surface area contributed by atoms with E-state index in [0.29, 0.717) is 31.7 Å². The first kappa shape index (κ1) is 23.6. The Morgan fingerprint density at radius 2 is 1.81 bits per heavy atom. The molecule has 2 aromatic carbocycles. The number of benzene rings is 2. The summed E-state index contributed by atoms with van der Waals surface area (Å²) >= 11 is 1.68. The Morgan fingerprint density at radius 1 is 1.16 bits per heavy atom. The number of aryl methyl sites for hydroxylation is 1. The number of nitrogens with one attached hydrogen (secondary N) is 1. The second kappa shape index (κ2) is 10.1. The molecule has 1 fully saturated rings. The highest BCUT2D eigenvalue weighted by Crippen LogP contribution is 2.28. The summed E-state index contributed by atoms with van der Waals surface area (Å²) in [4.78, 5) is 14.2. The lowest BCUT2D eigenvalue weighted by atomic mass is 9.96. The minimum Gasteiger partial charge on any atom is -0.496 e. The molecule has 1 saturated heterocycles. The first-order valence-electron chi connectivity index (χ1n) is 10.4. The summed E-state index contributed by atoms with van der Waals surface area (Å²) in [5, 5.41) is 3.08. The molecule has 1 aliphatic heterocycles. The standard InChI is InChI=1S/C23H30N2O4S2/c1-16-15-21(9-10-22(16)29-3)31(27,28)25-13-11-19(12-14-25)23(26)24-17(2)18-5-7-20(30-4)8-6-18/h5-10,15,17,19H,11-14H2,1-4H3,(H,24,26). The highest BCUT2D eigenvalue weighted by atomic mass is 32.2. The predicted octanol–water partition coefficient (Wildman–Crippen LogP) is 4.00. The number of hydrogen-bond acceptors (Lipinski definition) is 5. The van der Waals surface area contributed by atoms with Crippen molar-refractivity contribution in [3.8, 4) is 5.75 Å². The molecule has 8 heteroatoms. The van der Waals surface area contributed by atoms with Gasteiger partial charge in [0.2, 0.25) is 15.9 Å². The largest absolute Gasteiger partial charge is 0.496 e. The number of thioether (sulfide) groups is 1. The van der Waals surface area contributed by atoms with Crippen molar-refractivity contribution in [2.75, 3.05) is 26.5 Å². The SMILES string of the molecule is COc1ccc(S(=O)(=O)N2CCC(C(=O)NC(C)c3ccc(SC)cc3)CC2)cc1C. The molecule has 0 bridgehead atoms. The summed E-state index contributed by atoms with van der Waals surface area (Å²) in [5.74, 6) is 0.460. The van der Waals surface area contributed by atoms with Gasteiger partial charge in [-0.05, 0) is 74.4 Å². The Balaban J connectivity index is 1.59. The van der Waals surface area contributed by atoms with Gasteiger partial charge in [-0.2, -0.15) is 4.31 Å². The number of piperidine rings is 1. The van der Waals surface area contributed by atoms with E-state index in [1.807, 2.05) is 44.4 Å². The van der Waals surface area contributed by atoms with Crippen LogP contribution >= 0.6 is 11.8 Å². The van der Waals surface area contributed by atoms with Crippen molar-refractivity contribution in [2.45, 2.75) is 42.5 Å². The van der Waals surface area contributed by atoms with Gasteiger partial charge in [0.15, 0.2) is 0 Å². The topological polar surface area (TPSA) is 75.7 Å². The lowest BCUT2D eigenvalue weighted by molar-refractivity contribution is -0.126. The normalized spacial score (nSPS) is 16.6. The van der Waals surface area contributed by atoms with Crippen molar-refractivity contribution in [2.24, 2.45) is 5.92 Å². The van der Waals surface area contributed by atoms with Crippen molar-refractivity contribution in [3.05, 3.63) is 53.6 Å². The maximum atomic E-state index is 13.0. The second-order valence-corrected chi connectivity index (χ2v) is 10.6. The molecule has 0 radical (unpaired) electrons. The van der Waals surface area contributed by atoms with E-state index in [2.05, 4.69) is 5.32 Å². The maximum Gasteiger partial charge on any atom is 0.243 e. The van der Waals surface area contributed by atoms with Crippen molar-refractivity contribution >= 4 is 27.7 Å². The summed E-state index contributed by atoms with van der Waals surface area (Å²) in [6.07, 6.45) is 3.05. The predicted molar refractivity (Wildman–Crippen MR) is 124 cm³/mol. The first-order chi connectivity index (χ1) is 14.8. The molecule has 6 nitrogen and oxygen atoms in total. The molecule has 1 atom stereocenters. The van der Waals surface area contributed by atoms with E-state index in [4.69, 9.17) is 4.74 Å². The molecule has 0 aliphatic carbocycles. The van der Waals surface area contributed by atoms with Crippen LogP contribution in [0.1, 0.15) is 36.9 Å². The van der Waals surface area contributed by atoms with Crippen LogP contribution in [-0.4, -0.2) is 45.1 Å². The van der Waals surface area contributed by atoms with Crippen molar-refractivity contribution in [3.63, 3.8) is 0 Å². The molecular weight excluding hydrogens is 432 g/mol. The molecule has 168 valence electrons. The number of carbonyl (C=O) groups is 1. The van der Waals surface area contributed by atoms with Crippen LogP contribution in [0, 0.1) is 12.8 Å². The van der Waals surface area contributed by atoms with Gasteiger partial charge in [0, 0.05) is 23.9 Å². The number of amides is 1. The minimum atomic E-state index is -3.59. The van der Waals surface area contributed by atoms with E-state index in [0.717, 1.165) is 11.1 Å². The summed E-state index contributed by atoms with van der Waals surface area (Å²) in [6, 6.07) is 13.0. The van der Waals surface area contributed by atoms with Crippen molar-refractivity contribution in [1.82, 2.24) is 9.62 Å². The molecule has 1 aliphatic rings. The fourth-order valence-electron chi connectivity index (χ4n) is 3.83. The van der Waals surface area contributed by atoms with E-state index in [1.165, 1.54) is 9.20 Å². The summed E-state index contributed by atoms with van der Waals surface area (Å²) < 4.78 is 32.7. The number of ether oxygens (including phenoxy) is 1. The maximum absolute atomic E-state index is 13.0. The zero-order chi connectivity index (χ0) is 22.6. The Bertz CT molecular complexity index is 1010. The van der Waals surface area contributed by atoms with Crippen LogP contribution in [0.25, 0.3) is 0 Å². The van der Waals surface area contributed by atoms with Gasteiger partial charge >= 0.3 is 0 Å². The Labute approximate surface area is 189 Å². The third kappa shape index (κ3) is 5.42. The Kier molecular flexibility index (Phi) is 7.67. The molecule has 0 aromatic heterocycles. The Hall–Kier alpha value is -2.03. The molecule has 1 N–H and O–H groups in total. The first-order valence-corrected chi connectivity index (χ1v) is 13.0. The van der Waals surface area contributed by atoms with Gasteiger partial charge in [-0.3, -0.25) is 4.79 Å². The van der Waals surface area contributed by atoms with Crippen LogP contribution in [-0.2, 0) is 14.8 Å². The highest BCUT2D eigenvalue weighted by molar-refractivity contribution is 7.98. The average molecular weight is 463 g/mol. The number of nitrogens with zero attached hydrogens (tertiary/aromatic N) is 1. The van der Waals surface area contributed by atoms with Gasteiger partial charge in [0.05, 0.1) is 18.0 Å². The van der Waals surface area contributed by atoms with Crippen LogP contribution in [0.3, 0.4) is 0 Å². The lowest BCUT2D eigenvalue weighted by Crippen LogP contribution is -2.43. The average Bonchev–Trinajstić information content (AvgIpc) is 2.79. The van der Waals surface area contributed by atoms with Crippen molar-refractivity contribution < 1.29 is 17.9 Å². The fraction of sp³-hybridized carbons (Fsp3) is 0.435. The molecule has 0 spiro atoms. The van der Waals surface area contributed by atoms with Crippen LogP contribution in [0.5, 0.6) is 5.75 Å². The van der Waals surface area contributed by atoms with Gasteiger partial charge in [0.1, 0.15) is 5.75 Å². The van der Waals surface area contributed by atoms with Crippen LogP contribution in [0.4, 0.5) is 0 Å². The highest BCUT2D eigenvalue weighted by Gasteiger charge is 2.32. The summed E-state index contributed by atoms with van der Waals surface area (Å²) in [5.41, 5.74) is 1.83. The monoisotopic (exact) mass is 462 g/mol. The minimum absolute atomic E-state index is 0.0150. The van der Waals surface area contributed by atoms with Gasteiger partial charge < -0.3 is 10.1 Å². The van der Waals surface area contributed by atoms with Gasteiger partial charge in [-0.1, -0.05) is 12.1 Å². The molecule has 1 heterocycles. The molecular formula is C23H30N2O4S2. The number of hydrogen-bond donors (Lipinski definition) is 1. The van der Waals surface area contributed by atoms with E-state index < -0.39 is 10.0 Å². The zero-order valence-electron chi connectivity index (χ0n) is 18.4. The third-order valence-corrected chi connectivity index (χ3v) is 8.44. The van der Waals surface area contributed by atoms with Gasteiger partial charge in [-0.25, -0.2) is 8.42 Å². The molecule has 31 heavy (non-hydrogen) atoms. The molecule has 3 rings (SSSR count). The van der Waals surface area contributed by atoms with Gasteiger partial charge in [0.25, 0.3) is 0 Å². The van der Waals surface area contributed by atoms with E-state index in [9.17, 15) is 13.2 Å². The zero-order valence-corrected chi connectivity index (χ0v) is 20.1. The van der Waals surface area contributed by atoms with E-state index in [-0.39, 0.29) is 22.8 Å². The van der Waals surface area contributed by atoms with Crippen molar-refractivity contribution in [1.29, 1.82) is 0 Å². The number of methoxy groups -OCH3 is 1. The molecule has 1 amide bonds. The molecule has 0 saturated carbocycles. The summed E-state index contributed by atoms with van der Waals surface area (Å²) in [7, 11) is -2.03.